The largest absolute Gasteiger partial charge is 0.381 e. The molecule has 0 spiro atoms. The Hall–Kier alpha value is -3.48. The van der Waals surface area contributed by atoms with Gasteiger partial charge in [-0.1, -0.05) is 0 Å². The highest BCUT2D eigenvalue weighted by atomic mass is 19.1. The number of carbonyl (C=O) groups is 1. The molecule has 1 heterocycles. The van der Waals surface area contributed by atoms with Crippen LogP contribution in [-0.4, -0.2) is 39.5 Å². The summed E-state index contributed by atoms with van der Waals surface area (Å²) in [7, 11) is 1.49. The minimum Gasteiger partial charge on any atom is -0.381 e. The SMILES string of the molecule is CN(CCCc1[nH]nc(N)c1C#N)C(=O)c1ccc(F)cc1[N+](=O)[O-]. The second-order valence-corrected chi connectivity index (χ2v) is 5.32. The van der Waals surface area contributed by atoms with Crippen LogP contribution in [0, 0.1) is 27.3 Å². The zero-order valence-electron chi connectivity index (χ0n) is 13.3. The Labute approximate surface area is 142 Å². The molecule has 0 aliphatic carbocycles. The van der Waals surface area contributed by atoms with Gasteiger partial charge in [0.2, 0.25) is 0 Å². The molecule has 0 saturated carbocycles. The van der Waals surface area contributed by atoms with Gasteiger partial charge in [-0.2, -0.15) is 10.4 Å². The Morgan fingerprint density at radius 2 is 2.28 bits per heavy atom. The minimum absolute atomic E-state index is 0.115. The molecule has 2 rings (SSSR count). The highest BCUT2D eigenvalue weighted by Gasteiger charge is 2.23. The molecule has 9 nitrogen and oxygen atoms in total. The van der Waals surface area contributed by atoms with Crippen molar-refractivity contribution in [2.24, 2.45) is 0 Å². The predicted octanol–water partition coefficient (Wildman–Crippen LogP) is 1.62. The summed E-state index contributed by atoms with van der Waals surface area (Å²) >= 11 is 0. The van der Waals surface area contributed by atoms with Crippen molar-refractivity contribution in [1.82, 2.24) is 15.1 Å². The number of nitro benzene ring substituents is 1. The number of nitrogens with two attached hydrogens (primary N) is 1. The van der Waals surface area contributed by atoms with Crippen LogP contribution in [0.4, 0.5) is 15.9 Å². The number of H-pyrrole nitrogens is 1. The van der Waals surface area contributed by atoms with Gasteiger partial charge in [0.25, 0.3) is 11.6 Å². The molecule has 0 radical (unpaired) electrons. The van der Waals surface area contributed by atoms with Gasteiger partial charge in [0, 0.05) is 13.6 Å². The molecule has 10 heteroatoms. The van der Waals surface area contributed by atoms with Gasteiger partial charge in [0.1, 0.15) is 23.0 Å². The van der Waals surface area contributed by atoms with Crippen molar-refractivity contribution in [1.29, 1.82) is 5.26 Å². The van der Waals surface area contributed by atoms with Crippen LogP contribution in [0.15, 0.2) is 18.2 Å². The molecule has 2 aromatic rings. The van der Waals surface area contributed by atoms with Crippen molar-refractivity contribution in [2.45, 2.75) is 12.8 Å². The van der Waals surface area contributed by atoms with Gasteiger partial charge < -0.3 is 10.6 Å². The van der Waals surface area contributed by atoms with Gasteiger partial charge in [-0.05, 0) is 25.0 Å². The van der Waals surface area contributed by atoms with Gasteiger partial charge in [-0.25, -0.2) is 4.39 Å². The van der Waals surface area contributed by atoms with Gasteiger partial charge in [-0.15, -0.1) is 0 Å². The van der Waals surface area contributed by atoms with E-state index in [-0.39, 0.29) is 23.5 Å². The van der Waals surface area contributed by atoms with Crippen molar-refractivity contribution in [2.75, 3.05) is 19.3 Å². The third-order valence-corrected chi connectivity index (χ3v) is 3.63. The first-order valence-corrected chi connectivity index (χ1v) is 7.27. The monoisotopic (exact) mass is 346 g/mol. The molecule has 1 aromatic carbocycles. The number of nitrogen functional groups attached to an aromatic ring is 1. The molecule has 0 aliphatic rings. The summed E-state index contributed by atoms with van der Waals surface area (Å²) in [6.07, 6.45) is 0.907. The number of hydrogen-bond donors (Lipinski definition) is 2. The number of nitrogens with zero attached hydrogens (tertiary/aromatic N) is 4. The zero-order valence-corrected chi connectivity index (χ0v) is 13.3. The van der Waals surface area contributed by atoms with Crippen LogP contribution in [0.3, 0.4) is 0 Å². The highest BCUT2D eigenvalue weighted by Crippen LogP contribution is 2.21. The Kier molecular flexibility index (Phi) is 5.28. The molecule has 0 saturated heterocycles. The summed E-state index contributed by atoms with van der Waals surface area (Å²) in [6.45, 7) is 0.275. The summed E-state index contributed by atoms with van der Waals surface area (Å²) in [5, 5.41) is 26.4. The number of hydrogen-bond acceptors (Lipinski definition) is 6. The van der Waals surface area contributed by atoms with Crippen LogP contribution in [0.5, 0.6) is 0 Å². The number of anilines is 1. The molecular formula is C15H15FN6O3. The second kappa shape index (κ2) is 7.39. The number of aryl methyl sites for hydroxylation is 1. The number of halogens is 1. The van der Waals surface area contributed by atoms with Crippen LogP contribution >= 0.6 is 0 Å². The first-order chi connectivity index (χ1) is 11.8. The normalized spacial score (nSPS) is 10.3. The van der Waals surface area contributed by atoms with Crippen molar-refractivity contribution in [3.05, 3.63) is 51.0 Å². The van der Waals surface area contributed by atoms with E-state index in [9.17, 15) is 19.3 Å². The van der Waals surface area contributed by atoms with Crippen LogP contribution in [-0.2, 0) is 6.42 Å². The number of nitriles is 1. The molecule has 1 aromatic heterocycles. The molecule has 25 heavy (non-hydrogen) atoms. The van der Waals surface area contributed by atoms with Crippen LogP contribution in [0.2, 0.25) is 0 Å². The van der Waals surface area contributed by atoms with Gasteiger partial charge in [0.05, 0.1) is 16.7 Å². The predicted molar refractivity (Wildman–Crippen MR) is 86.1 cm³/mol. The summed E-state index contributed by atoms with van der Waals surface area (Å²) in [5.74, 6) is -1.26. The van der Waals surface area contributed by atoms with Gasteiger partial charge in [0.15, 0.2) is 5.82 Å². The quantitative estimate of drug-likeness (QED) is 0.601. The molecule has 0 atom stereocenters. The molecule has 3 N–H and O–H groups in total. The van der Waals surface area contributed by atoms with Gasteiger partial charge in [-0.3, -0.25) is 20.0 Å². The van der Waals surface area contributed by atoms with E-state index in [0.717, 1.165) is 12.1 Å². The Morgan fingerprint density at radius 3 is 2.92 bits per heavy atom. The Morgan fingerprint density at radius 1 is 1.56 bits per heavy atom. The number of nitro groups is 1. The lowest BCUT2D eigenvalue weighted by Crippen LogP contribution is -2.28. The fourth-order valence-electron chi connectivity index (χ4n) is 2.34. The molecule has 0 fully saturated rings. The maximum absolute atomic E-state index is 13.2. The maximum atomic E-state index is 13.2. The lowest BCUT2D eigenvalue weighted by atomic mass is 10.1. The highest BCUT2D eigenvalue weighted by molar-refractivity contribution is 5.98. The van der Waals surface area contributed by atoms with E-state index in [2.05, 4.69) is 10.2 Å². The van der Waals surface area contributed by atoms with Crippen molar-refractivity contribution >= 4 is 17.4 Å². The summed E-state index contributed by atoms with van der Waals surface area (Å²) in [5.41, 5.74) is 5.61. The van der Waals surface area contributed by atoms with Crippen LogP contribution in [0.25, 0.3) is 0 Å². The third kappa shape index (κ3) is 3.89. The van der Waals surface area contributed by atoms with Crippen molar-refractivity contribution in [3.8, 4) is 6.07 Å². The molecular weight excluding hydrogens is 331 g/mol. The number of rotatable bonds is 6. The van der Waals surface area contributed by atoms with E-state index in [1.165, 1.54) is 11.9 Å². The summed E-state index contributed by atoms with van der Waals surface area (Å²) in [6, 6.07) is 4.76. The number of amides is 1. The van der Waals surface area contributed by atoms with Crippen molar-refractivity contribution < 1.29 is 14.1 Å². The van der Waals surface area contributed by atoms with E-state index < -0.39 is 22.3 Å². The number of benzene rings is 1. The fourth-order valence-corrected chi connectivity index (χ4v) is 2.34. The smallest absolute Gasteiger partial charge is 0.285 e. The lowest BCUT2D eigenvalue weighted by molar-refractivity contribution is -0.385. The third-order valence-electron chi connectivity index (χ3n) is 3.63. The number of nitrogens with one attached hydrogen (secondary N) is 1. The average molecular weight is 346 g/mol. The second-order valence-electron chi connectivity index (χ2n) is 5.32. The standard InChI is InChI=1S/C15H15FN6O3/c1-21(6-2-3-12-11(8-17)14(18)20-19-12)15(23)10-5-4-9(16)7-13(10)22(24)25/h4-5,7H,2-3,6H2,1H3,(H3,18,19,20). The van der Waals surface area contributed by atoms with E-state index in [1.54, 1.807) is 0 Å². The summed E-state index contributed by atoms with van der Waals surface area (Å²) < 4.78 is 13.2. The van der Waals surface area contributed by atoms with Crippen LogP contribution in [0.1, 0.15) is 28.0 Å². The minimum atomic E-state index is -0.795. The zero-order chi connectivity index (χ0) is 18.6. The molecule has 0 bridgehead atoms. The first kappa shape index (κ1) is 17.9. The Bertz CT molecular complexity index is 857. The summed E-state index contributed by atoms with van der Waals surface area (Å²) in [4.78, 5) is 23.8. The first-order valence-electron chi connectivity index (χ1n) is 7.27. The van der Waals surface area contributed by atoms with Crippen LogP contribution < -0.4 is 5.73 Å². The van der Waals surface area contributed by atoms with Crippen molar-refractivity contribution in [3.63, 3.8) is 0 Å². The van der Waals surface area contributed by atoms with E-state index >= 15 is 0 Å². The maximum Gasteiger partial charge on any atom is 0.285 e. The van der Waals surface area contributed by atoms with E-state index in [4.69, 9.17) is 11.0 Å². The van der Waals surface area contributed by atoms with E-state index in [0.29, 0.717) is 24.6 Å². The number of aromatic nitrogens is 2. The molecule has 1 amide bonds. The average Bonchev–Trinajstić information content (AvgIpc) is 2.93. The van der Waals surface area contributed by atoms with Gasteiger partial charge >= 0.3 is 0 Å². The Balaban J connectivity index is 2.04. The fraction of sp³-hybridized carbons (Fsp3) is 0.267. The topological polar surface area (TPSA) is 142 Å². The van der Waals surface area contributed by atoms with E-state index in [1.807, 2.05) is 6.07 Å². The number of carbonyl (C=O) groups excluding carboxylic acids is 1. The molecule has 0 aliphatic heterocycles. The molecule has 0 unspecified atom stereocenters. The number of aromatic amines is 1. The molecule has 130 valence electrons. The lowest BCUT2D eigenvalue weighted by Gasteiger charge is -2.17.